The maximum Gasteiger partial charge on any atom is 0.302 e. The van der Waals surface area contributed by atoms with Crippen LogP contribution in [-0.2, 0) is 36.8 Å². The number of hydrogen-bond donors (Lipinski definition) is 0. The van der Waals surface area contributed by atoms with Gasteiger partial charge >= 0.3 is 5.97 Å². The van der Waals surface area contributed by atoms with Crippen LogP contribution in [0.1, 0.15) is 50.7 Å². The molecule has 2 fully saturated rings. The Balaban J connectivity index is 1.48. The van der Waals surface area contributed by atoms with Crippen molar-refractivity contribution in [2.75, 3.05) is 6.61 Å². The van der Waals surface area contributed by atoms with Crippen molar-refractivity contribution < 1.29 is 23.7 Å². The Morgan fingerprint density at radius 3 is 2.23 bits per heavy atom. The fraction of sp³-hybridized carbons (Fsp3) is 0.400. The zero-order valence-corrected chi connectivity index (χ0v) is 23.1. The number of amidine groups is 1. The summed E-state index contributed by atoms with van der Waals surface area (Å²) in [7, 11) is 0. The number of ether oxygens (including phenoxy) is 4. The first-order valence-corrected chi connectivity index (χ1v) is 13.2. The Kier molecular flexibility index (Phi) is 7.98. The van der Waals surface area contributed by atoms with Crippen molar-refractivity contribution in [3.63, 3.8) is 0 Å². The van der Waals surface area contributed by atoms with Gasteiger partial charge in [-0.15, -0.1) is 0 Å². The maximum atomic E-state index is 11.5. The highest BCUT2D eigenvalue weighted by molar-refractivity contribution is 5.82. The lowest BCUT2D eigenvalue weighted by molar-refractivity contribution is -0.202. The van der Waals surface area contributed by atoms with Gasteiger partial charge < -0.3 is 23.8 Å². The fourth-order valence-corrected chi connectivity index (χ4v) is 5.06. The van der Waals surface area contributed by atoms with Crippen molar-refractivity contribution in [1.82, 2.24) is 14.5 Å². The van der Waals surface area contributed by atoms with E-state index < -0.39 is 36.3 Å². The molecule has 0 N–H and O–H groups in total. The van der Waals surface area contributed by atoms with Crippen LogP contribution in [0.25, 0.3) is 0 Å². The largest absolute Gasteiger partial charge is 0.463 e. The highest BCUT2D eigenvalue weighted by Gasteiger charge is 2.56. The minimum absolute atomic E-state index is 0.0196. The van der Waals surface area contributed by atoms with Crippen molar-refractivity contribution >= 4 is 17.6 Å². The van der Waals surface area contributed by atoms with Crippen LogP contribution in [0, 0.1) is 11.3 Å². The molecule has 0 aliphatic carbocycles. The third-order valence-electron chi connectivity index (χ3n) is 6.88. The molecule has 3 heterocycles. The van der Waals surface area contributed by atoms with Crippen molar-refractivity contribution in [2.24, 2.45) is 4.99 Å². The first kappa shape index (κ1) is 27.5. The molecule has 0 unspecified atom stereocenters. The highest BCUT2D eigenvalue weighted by atomic mass is 16.8. The predicted molar refractivity (Wildman–Crippen MR) is 146 cm³/mol. The third-order valence-corrected chi connectivity index (χ3v) is 6.88. The van der Waals surface area contributed by atoms with Gasteiger partial charge in [0.2, 0.25) is 0 Å². The van der Waals surface area contributed by atoms with Crippen molar-refractivity contribution in [2.45, 2.75) is 71.1 Å². The molecule has 0 radical (unpaired) electrons. The molecule has 3 aromatic rings. The summed E-state index contributed by atoms with van der Waals surface area (Å²) in [5, 5.41) is 9.90. The number of carbonyl (C=O) groups excluding carboxylic acids is 1. The van der Waals surface area contributed by atoms with Crippen LogP contribution in [0.2, 0.25) is 0 Å². The Hall–Kier alpha value is -4.04. The molecular formula is C30H33N5O5. The zero-order chi connectivity index (χ0) is 28.3. The lowest BCUT2D eigenvalue weighted by Gasteiger charge is -2.26. The van der Waals surface area contributed by atoms with Gasteiger partial charge in [-0.1, -0.05) is 60.7 Å². The molecule has 2 aromatic carbocycles. The first-order chi connectivity index (χ1) is 19.2. The number of aliphatic imine (C=N–C) groups is 1. The quantitative estimate of drug-likeness (QED) is 0.232. The highest BCUT2D eigenvalue weighted by Crippen LogP contribution is 2.44. The summed E-state index contributed by atoms with van der Waals surface area (Å²) in [4.78, 5) is 22.9. The van der Waals surface area contributed by atoms with Gasteiger partial charge in [0.05, 0.1) is 0 Å². The molecular weight excluding hydrogens is 510 g/mol. The number of aromatic nitrogens is 2. The zero-order valence-electron chi connectivity index (χ0n) is 23.1. The van der Waals surface area contributed by atoms with E-state index in [1.54, 1.807) is 4.57 Å². The normalized spacial score (nSPS) is 23.4. The van der Waals surface area contributed by atoms with Crippen molar-refractivity contribution in [3.8, 4) is 6.07 Å². The van der Waals surface area contributed by atoms with Gasteiger partial charge in [0.15, 0.2) is 23.5 Å². The van der Waals surface area contributed by atoms with Gasteiger partial charge in [-0.3, -0.25) is 9.36 Å². The van der Waals surface area contributed by atoms with Gasteiger partial charge in [0.25, 0.3) is 0 Å². The number of carbonyl (C=O) groups is 1. The summed E-state index contributed by atoms with van der Waals surface area (Å²) in [6.45, 7) is 8.20. The van der Waals surface area contributed by atoms with Crippen LogP contribution in [0.3, 0.4) is 0 Å². The van der Waals surface area contributed by atoms with Crippen LogP contribution in [0.5, 0.6) is 0 Å². The van der Waals surface area contributed by atoms with Gasteiger partial charge in [-0.05, 0) is 31.9 Å². The molecule has 0 spiro atoms. The third kappa shape index (κ3) is 6.07. The van der Waals surface area contributed by atoms with E-state index in [0.717, 1.165) is 11.1 Å². The second-order valence-corrected chi connectivity index (χ2v) is 10.4. The number of hydrogen-bond acceptors (Lipinski definition) is 8. The molecule has 2 aliphatic heterocycles. The molecule has 0 bridgehead atoms. The molecule has 0 amide bonds. The van der Waals surface area contributed by atoms with Gasteiger partial charge in [-0.2, -0.15) is 5.26 Å². The average Bonchev–Trinajstić information content (AvgIpc) is 3.58. The molecule has 10 heteroatoms. The number of nitrogens with zero attached hydrogens (tertiary/aromatic N) is 5. The summed E-state index contributed by atoms with van der Waals surface area (Å²) >= 11 is 0. The number of benzene rings is 2. The summed E-state index contributed by atoms with van der Waals surface area (Å²) < 4.78 is 25.6. The van der Waals surface area contributed by atoms with E-state index in [0.29, 0.717) is 24.7 Å². The van der Waals surface area contributed by atoms with Crippen LogP contribution < -0.4 is 0 Å². The molecule has 40 heavy (non-hydrogen) atoms. The van der Waals surface area contributed by atoms with Crippen molar-refractivity contribution in [1.29, 1.82) is 5.26 Å². The van der Waals surface area contributed by atoms with E-state index in [1.165, 1.54) is 13.3 Å². The van der Waals surface area contributed by atoms with E-state index in [1.807, 2.05) is 57.2 Å². The molecule has 208 valence electrons. The van der Waals surface area contributed by atoms with Gasteiger partial charge in [0.1, 0.15) is 43.2 Å². The number of imidazole rings is 1. The molecule has 10 nitrogen and oxygen atoms in total. The van der Waals surface area contributed by atoms with E-state index >= 15 is 0 Å². The smallest absolute Gasteiger partial charge is 0.302 e. The Bertz CT molecular complexity index is 1360. The van der Waals surface area contributed by atoms with Crippen LogP contribution in [0.15, 0.2) is 72.0 Å². The van der Waals surface area contributed by atoms with Gasteiger partial charge in [0, 0.05) is 20.0 Å². The monoisotopic (exact) mass is 543 g/mol. The Labute approximate surface area is 233 Å². The topological polar surface area (TPSA) is 111 Å². The molecule has 2 aliphatic rings. The molecule has 0 saturated carbocycles. The molecule has 5 rings (SSSR count). The number of esters is 1. The maximum absolute atomic E-state index is 11.5. The van der Waals surface area contributed by atoms with E-state index in [4.69, 9.17) is 23.9 Å². The standard InChI is InChI=1S/C30H33N5O5/c1-20(34(16-22-11-7-5-8-12-22)17-23-13-9-6-10-14-23)33-28-24(15-31)32-19-35(28)29-27-26(39-30(3,4)40-27)25(38-29)18-37-21(2)36/h5-14,19,25-27,29H,16-18H2,1-4H3/b33-20+/t25-,26-,27-,29-/m1/s1. The van der Waals surface area contributed by atoms with Crippen LogP contribution in [0.4, 0.5) is 5.82 Å². The Morgan fingerprint density at radius 1 is 1.05 bits per heavy atom. The van der Waals surface area contributed by atoms with Crippen LogP contribution in [-0.4, -0.2) is 57.0 Å². The second kappa shape index (κ2) is 11.6. The molecule has 4 atom stereocenters. The summed E-state index contributed by atoms with van der Waals surface area (Å²) in [6, 6.07) is 22.5. The van der Waals surface area contributed by atoms with Crippen LogP contribution >= 0.6 is 0 Å². The summed E-state index contributed by atoms with van der Waals surface area (Å²) in [5.41, 5.74) is 2.44. The second-order valence-electron chi connectivity index (χ2n) is 10.4. The van der Waals surface area contributed by atoms with Crippen molar-refractivity contribution in [3.05, 3.63) is 83.8 Å². The van der Waals surface area contributed by atoms with E-state index in [9.17, 15) is 10.1 Å². The number of fused-ring (bicyclic) bond motifs is 1. The summed E-state index contributed by atoms with van der Waals surface area (Å²) in [5.74, 6) is -0.197. The minimum Gasteiger partial charge on any atom is -0.463 e. The molecule has 2 saturated heterocycles. The summed E-state index contributed by atoms with van der Waals surface area (Å²) in [6.07, 6.45) is -0.703. The number of nitriles is 1. The minimum atomic E-state index is -0.855. The molecule has 1 aromatic heterocycles. The Morgan fingerprint density at radius 2 is 1.65 bits per heavy atom. The lowest BCUT2D eigenvalue weighted by atomic mass is 10.1. The SMILES string of the molecule is CC(=O)OC[C@H]1O[C@@H](n2cnc(C#N)c2/N=C(\C)N(Cc2ccccc2)Cc2ccccc2)[C@@H]2OC(C)(C)O[C@@H]21. The first-order valence-electron chi connectivity index (χ1n) is 13.2. The predicted octanol–water partition coefficient (Wildman–Crippen LogP) is 4.49. The van der Waals surface area contributed by atoms with Gasteiger partial charge in [-0.25, -0.2) is 9.98 Å². The number of rotatable bonds is 8. The van der Waals surface area contributed by atoms with E-state index in [2.05, 4.69) is 40.2 Å². The fourth-order valence-electron chi connectivity index (χ4n) is 5.06. The average molecular weight is 544 g/mol. The van der Waals surface area contributed by atoms with E-state index in [-0.39, 0.29) is 12.3 Å². The lowest BCUT2D eigenvalue weighted by Crippen LogP contribution is -2.33.